The van der Waals surface area contributed by atoms with Gasteiger partial charge in [0.25, 0.3) is 6.48 Å². The standard InChI is InChI=1S/C21H31F5O3/c1-3-4-5-6-7-8-9-10-14(29-21(27)28)11-13(2)12-15-16(22)18(24)20(26)19(25)17(15)23/h13-14,21,27-28H,3-12H2,1-2H3. The molecule has 0 amide bonds. The SMILES string of the molecule is CCCCCCCCCC(CC(C)Cc1c(F)c(F)c(F)c(F)c1F)OC(O)O. The van der Waals surface area contributed by atoms with Crippen LogP contribution < -0.4 is 0 Å². The first-order chi connectivity index (χ1) is 13.7. The van der Waals surface area contributed by atoms with E-state index in [0.29, 0.717) is 6.42 Å². The number of hydrogen-bond acceptors (Lipinski definition) is 3. The van der Waals surface area contributed by atoms with E-state index in [-0.39, 0.29) is 12.8 Å². The number of hydrogen-bond donors (Lipinski definition) is 2. The highest BCUT2D eigenvalue weighted by Crippen LogP contribution is 2.27. The molecule has 8 heteroatoms. The van der Waals surface area contributed by atoms with Crippen LogP contribution in [0.25, 0.3) is 0 Å². The van der Waals surface area contributed by atoms with Crippen molar-refractivity contribution in [2.24, 2.45) is 5.92 Å². The lowest BCUT2D eigenvalue weighted by Gasteiger charge is -2.23. The van der Waals surface area contributed by atoms with Crippen LogP contribution >= 0.6 is 0 Å². The van der Waals surface area contributed by atoms with Crippen molar-refractivity contribution in [1.82, 2.24) is 0 Å². The van der Waals surface area contributed by atoms with Gasteiger partial charge in [-0.15, -0.1) is 0 Å². The fourth-order valence-electron chi connectivity index (χ4n) is 3.45. The van der Waals surface area contributed by atoms with Gasteiger partial charge in [-0.05, 0) is 25.2 Å². The maximum atomic E-state index is 13.9. The molecule has 0 aliphatic carbocycles. The van der Waals surface area contributed by atoms with Gasteiger partial charge < -0.3 is 14.9 Å². The lowest BCUT2D eigenvalue weighted by Crippen LogP contribution is -2.24. The third-order valence-electron chi connectivity index (χ3n) is 4.96. The Morgan fingerprint density at radius 1 is 0.759 bits per heavy atom. The van der Waals surface area contributed by atoms with Gasteiger partial charge in [-0.1, -0.05) is 58.8 Å². The van der Waals surface area contributed by atoms with E-state index in [1.807, 2.05) is 0 Å². The molecule has 2 N–H and O–H groups in total. The summed E-state index contributed by atoms with van der Waals surface area (Å²) in [5.41, 5.74) is -0.867. The average molecular weight is 426 g/mol. The zero-order valence-electron chi connectivity index (χ0n) is 17.0. The summed E-state index contributed by atoms with van der Waals surface area (Å²) in [7, 11) is 0. The van der Waals surface area contributed by atoms with Gasteiger partial charge in [0.05, 0.1) is 6.10 Å². The molecule has 0 aromatic heterocycles. The van der Waals surface area contributed by atoms with Crippen LogP contribution in [0, 0.1) is 35.0 Å². The van der Waals surface area contributed by atoms with Crippen LogP contribution in [0.1, 0.15) is 77.2 Å². The van der Waals surface area contributed by atoms with Crippen molar-refractivity contribution in [1.29, 1.82) is 0 Å². The molecule has 2 unspecified atom stereocenters. The molecule has 3 nitrogen and oxygen atoms in total. The van der Waals surface area contributed by atoms with E-state index in [9.17, 15) is 22.0 Å². The molecule has 1 aromatic carbocycles. The second-order valence-corrected chi connectivity index (χ2v) is 7.59. The van der Waals surface area contributed by atoms with Gasteiger partial charge in [0.15, 0.2) is 23.3 Å². The van der Waals surface area contributed by atoms with Crippen molar-refractivity contribution in [3.05, 3.63) is 34.6 Å². The highest BCUT2D eigenvalue weighted by Gasteiger charge is 2.27. The molecule has 0 aliphatic rings. The zero-order chi connectivity index (χ0) is 22.0. The van der Waals surface area contributed by atoms with Crippen molar-refractivity contribution >= 4 is 0 Å². The summed E-state index contributed by atoms with van der Waals surface area (Å²) in [6, 6.07) is 0. The molecule has 0 saturated heterocycles. The van der Waals surface area contributed by atoms with Crippen molar-refractivity contribution in [2.45, 2.75) is 90.6 Å². The minimum atomic E-state index is -2.18. The molecule has 2 atom stereocenters. The summed E-state index contributed by atoms with van der Waals surface area (Å²) in [4.78, 5) is 0. The zero-order valence-corrected chi connectivity index (χ0v) is 17.0. The molecule has 0 spiro atoms. The normalized spacial score (nSPS) is 13.9. The largest absolute Gasteiger partial charge is 0.346 e. The Hall–Kier alpha value is -1.25. The molecule has 0 saturated carbocycles. The predicted octanol–water partition coefficient (Wildman–Crippen LogP) is 5.74. The second kappa shape index (κ2) is 13.1. The van der Waals surface area contributed by atoms with E-state index >= 15 is 0 Å². The minimum Gasteiger partial charge on any atom is -0.346 e. The smallest absolute Gasteiger partial charge is 0.266 e. The van der Waals surface area contributed by atoms with E-state index in [1.165, 1.54) is 12.8 Å². The van der Waals surface area contributed by atoms with E-state index < -0.39 is 53.1 Å². The molecular formula is C21H31F5O3. The fraction of sp³-hybridized carbons (Fsp3) is 0.714. The van der Waals surface area contributed by atoms with Gasteiger partial charge >= 0.3 is 0 Å². The summed E-state index contributed by atoms with van der Waals surface area (Å²) >= 11 is 0. The van der Waals surface area contributed by atoms with E-state index in [0.717, 1.165) is 32.1 Å². The Morgan fingerprint density at radius 2 is 1.24 bits per heavy atom. The van der Waals surface area contributed by atoms with Crippen molar-refractivity contribution in [2.75, 3.05) is 0 Å². The van der Waals surface area contributed by atoms with Gasteiger partial charge in [0.1, 0.15) is 0 Å². The van der Waals surface area contributed by atoms with Crippen LogP contribution in [0.5, 0.6) is 0 Å². The van der Waals surface area contributed by atoms with Gasteiger partial charge in [-0.2, -0.15) is 0 Å². The van der Waals surface area contributed by atoms with E-state index in [2.05, 4.69) is 6.92 Å². The second-order valence-electron chi connectivity index (χ2n) is 7.59. The van der Waals surface area contributed by atoms with Crippen LogP contribution in [-0.4, -0.2) is 22.8 Å². The summed E-state index contributed by atoms with van der Waals surface area (Å²) in [6.07, 6.45) is 7.13. The molecule has 29 heavy (non-hydrogen) atoms. The van der Waals surface area contributed by atoms with E-state index in [4.69, 9.17) is 14.9 Å². The highest BCUT2D eigenvalue weighted by molar-refractivity contribution is 5.24. The molecule has 0 aliphatic heterocycles. The lowest BCUT2D eigenvalue weighted by molar-refractivity contribution is -0.259. The average Bonchev–Trinajstić information content (AvgIpc) is 2.67. The van der Waals surface area contributed by atoms with Crippen LogP contribution in [0.4, 0.5) is 22.0 Å². The monoisotopic (exact) mass is 426 g/mol. The molecule has 0 radical (unpaired) electrons. The lowest BCUT2D eigenvalue weighted by atomic mass is 9.92. The quantitative estimate of drug-likeness (QED) is 0.131. The molecule has 0 fully saturated rings. The minimum absolute atomic E-state index is 0.187. The number of aliphatic hydroxyl groups excluding tert-OH is 1. The van der Waals surface area contributed by atoms with Crippen molar-refractivity contribution in [3.8, 4) is 0 Å². The summed E-state index contributed by atoms with van der Waals surface area (Å²) in [5.74, 6) is -10.3. The Labute approximate surface area is 168 Å². The number of aliphatic hydroxyl groups is 2. The topological polar surface area (TPSA) is 49.7 Å². The first-order valence-electron chi connectivity index (χ1n) is 10.2. The Kier molecular flexibility index (Phi) is 11.7. The summed E-state index contributed by atoms with van der Waals surface area (Å²) < 4.78 is 72.6. The molecule has 168 valence electrons. The van der Waals surface area contributed by atoms with Crippen LogP contribution in [0.3, 0.4) is 0 Å². The van der Waals surface area contributed by atoms with Crippen molar-refractivity contribution < 1.29 is 36.9 Å². The molecule has 1 rings (SSSR count). The third kappa shape index (κ3) is 8.56. The molecular weight excluding hydrogens is 395 g/mol. The third-order valence-corrected chi connectivity index (χ3v) is 4.96. The van der Waals surface area contributed by atoms with Gasteiger partial charge in [-0.3, -0.25) is 0 Å². The molecule has 0 heterocycles. The number of rotatable bonds is 14. The van der Waals surface area contributed by atoms with Gasteiger partial charge in [0.2, 0.25) is 5.82 Å². The van der Waals surface area contributed by atoms with Gasteiger partial charge in [0, 0.05) is 5.56 Å². The number of halogens is 5. The maximum absolute atomic E-state index is 13.9. The van der Waals surface area contributed by atoms with E-state index in [1.54, 1.807) is 6.92 Å². The highest BCUT2D eigenvalue weighted by atomic mass is 19.2. The van der Waals surface area contributed by atoms with Crippen LogP contribution in [-0.2, 0) is 11.2 Å². The Bertz CT molecular complexity index is 596. The van der Waals surface area contributed by atoms with Crippen LogP contribution in [0.15, 0.2) is 0 Å². The number of benzene rings is 1. The number of unbranched alkanes of at least 4 members (excludes halogenated alkanes) is 6. The van der Waals surface area contributed by atoms with Gasteiger partial charge in [-0.25, -0.2) is 22.0 Å². The fourth-order valence-corrected chi connectivity index (χ4v) is 3.45. The maximum Gasteiger partial charge on any atom is 0.266 e. The number of ether oxygens (including phenoxy) is 1. The molecule has 1 aromatic rings. The van der Waals surface area contributed by atoms with Crippen LogP contribution in [0.2, 0.25) is 0 Å². The first-order valence-corrected chi connectivity index (χ1v) is 10.2. The summed E-state index contributed by atoms with van der Waals surface area (Å²) in [5, 5.41) is 18.2. The first kappa shape index (κ1) is 25.8. The van der Waals surface area contributed by atoms with Crippen molar-refractivity contribution in [3.63, 3.8) is 0 Å². The molecule has 0 bridgehead atoms. The Morgan fingerprint density at radius 3 is 1.76 bits per heavy atom. The summed E-state index contributed by atoms with van der Waals surface area (Å²) in [6.45, 7) is 1.73. The Balaban J connectivity index is 2.64. The predicted molar refractivity (Wildman–Crippen MR) is 99.4 cm³/mol.